The van der Waals surface area contributed by atoms with E-state index in [0.717, 1.165) is 16.9 Å². The average Bonchev–Trinajstić information content (AvgIpc) is 3.48. The van der Waals surface area contributed by atoms with Crippen molar-refractivity contribution in [2.24, 2.45) is 0 Å². The van der Waals surface area contributed by atoms with Crippen molar-refractivity contribution in [3.8, 4) is 10.8 Å². The fourth-order valence-corrected chi connectivity index (χ4v) is 6.33. The van der Waals surface area contributed by atoms with E-state index >= 15 is 0 Å². The first kappa shape index (κ1) is 24.1. The van der Waals surface area contributed by atoms with E-state index in [1.165, 1.54) is 0 Å². The van der Waals surface area contributed by atoms with Gasteiger partial charge in [0, 0.05) is 11.1 Å². The van der Waals surface area contributed by atoms with E-state index < -0.39 is 15.8 Å². The molecular weight excluding hydrogens is 520 g/mol. The molecule has 0 aliphatic carbocycles. The second kappa shape index (κ2) is 9.77. The number of benzene rings is 3. The molecule has 0 atom stereocenters. The maximum atomic E-state index is 12.9. The summed E-state index contributed by atoms with van der Waals surface area (Å²) in [6.07, 6.45) is 1.60. The lowest BCUT2D eigenvalue weighted by Gasteiger charge is -2.11. The number of carboxylic acid groups (broad SMARTS) is 1. The molecule has 0 bridgehead atoms. The van der Waals surface area contributed by atoms with Crippen LogP contribution < -0.4 is 4.74 Å². The van der Waals surface area contributed by atoms with E-state index in [4.69, 9.17) is 16.3 Å². The highest BCUT2D eigenvalue weighted by Gasteiger charge is 2.21. The first-order valence-electron chi connectivity index (χ1n) is 10.8. The number of imidazole rings is 1. The van der Waals surface area contributed by atoms with Crippen LogP contribution in [0.25, 0.3) is 16.0 Å². The van der Waals surface area contributed by atoms with Crippen LogP contribution >= 0.6 is 22.9 Å². The summed E-state index contributed by atoms with van der Waals surface area (Å²) in [6, 6.07) is 22.3. The summed E-state index contributed by atoms with van der Waals surface area (Å²) < 4.78 is 33.5. The topological polar surface area (TPSA) is 98.5 Å². The lowest BCUT2D eigenvalue weighted by atomic mass is 10.1. The molecule has 5 aromatic rings. The van der Waals surface area contributed by atoms with Gasteiger partial charge in [0.1, 0.15) is 23.7 Å². The second-order valence-corrected chi connectivity index (χ2v) is 11.4. The number of fused-ring (bicyclic) bond motifs is 1. The van der Waals surface area contributed by atoms with Crippen LogP contribution in [0.3, 0.4) is 0 Å². The molecule has 0 saturated carbocycles. The van der Waals surface area contributed by atoms with Crippen molar-refractivity contribution in [1.82, 2.24) is 9.55 Å². The molecule has 0 saturated heterocycles. The molecule has 0 spiro atoms. The Morgan fingerprint density at radius 1 is 1.00 bits per heavy atom. The predicted molar refractivity (Wildman–Crippen MR) is 139 cm³/mol. The van der Waals surface area contributed by atoms with Crippen LogP contribution in [-0.2, 0) is 22.2 Å². The molecule has 182 valence electrons. The Hall–Kier alpha value is -3.66. The Kier molecular flexibility index (Phi) is 6.53. The zero-order chi connectivity index (χ0) is 25.3. The molecule has 10 heteroatoms. The minimum atomic E-state index is -3.56. The van der Waals surface area contributed by atoms with Crippen LogP contribution in [0.4, 0.5) is 0 Å². The third kappa shape index (κ3) is 4.86. The highest BCUT2D eigenvalue weighted by molar-refractivity contribution is 7.90. The number of thiophene rings is 1. The summed E-state index contributed by atoms with van der Waals surface area (Å²) in [6.45, 7) is 0.0111. The second-order valence-electron chi connectivity index (χ2n) is 7.96. The standard InChI is InChI=1S/C26H19ClN2O5S2/c27-19-10-11-22-21(12-19)28-16-29(22)24-13-23(25(35-24)26(30)31)34-14-17-6-4-5-7-18(17)15-36(32,33)20-8-2-1-3-9-20/h1-13,16H,14-15H2,(H,30,31). The molecule has 0 fully saturated rings. The van der Waals surface area contributed by atoms with Crippen LogP contribution in [0.15, 0.2) is 90.1 Å². The summed E-state index contributed by atoms with van der Waals surface area (Å²) in [5.41, 5.74) is 2.71. The average molecular weight is 539 g/mol. The fraction of sp³-hybridized carbons (Fsp3) is 0.0769. The highest BCUT2D eigenvalue weighted by Crippen LogP contribution is 2.35. The van der Waals surface area contributed by atoms with Gasteiger partial charge in [-0.05, 0) is 41.5 Å². The molecule has 0 aliphatic heterocycles. The Labute approximate surface area is 216 Å². The van der Waals surface area contributed by atoms with Gasteiger partial charge in [-0.3, -0.25) is 4.57 Å². The van der Waals surface area contributed by atoms with E-state index in [2.05, 4.69) is 4.98 Å². The smallest absolute Gasteiger partial charge is 0.349 e. The van der Waals surface area contributed by atoms with Crippen LogP contribution in [0.2, 0.25) is 5.02 Å². The Balaban J connectivity index is 1.42. The van der Waals surface area contributed by atoms with E-state index in [-0.39, 0.29) is 27.9 Å². The van der Waals surface area contributed by atoms with E-state index in [1.54, 1.807) is 83.7 Å². The number of aromatic carboxylic acids is 1. The number of carbonyl (C=O) groups is 1. The van der Waals surface area contributed by atoms with E-state index in [1.807, 2.05) is 6.07 Å². The Morgan fingerprint density at radius 3 is 2.47 bits per heavy atom. The normalized spacial score (nSPS) is 11.6. The highest BCUT2D eigenvalue weighted by atomic mass is 35.5. The molecule has 5 rings (SSSR count). The summed E-state index contributed by atoms with van der Waals surface area (Å²) in [7, 11) is -3.56. The third-order valence-corrected chi connectivity index (χ3v) is 8.60. The number of aromatic nitrogens is 2. The summed E-state index contributed by atoms with van der Waals surface area (Å²) in [4.78, 5) is 16.6. The fourth-order valence-electron chi connectivity index (χ4n) is 3.81. The molecule has 36 heavy (non-hydrogen) atoms. The van der Waals surface area contributed by atoms with Gasteiger partial charge >= 0.3 is 5.97 Å². The van der Waals surface area contributed by atoms with Gasteiger partial charge in [-0.2, -0.15) is 0 Å². The van der Waals surface area contributed by atoms with Crippen molar-refractivity contribution in [3.63, 3.8) is 0 Å². The number of halogens is 1. The molecule has 2 aromatic heterocycles. The maximum Gasteiger partial charge on any atom is 0.349 e. The van der Waals surface area contributed by atoms with Crippen LogP contribution in [0.1, 0.15) is 20.8 Å². The van der Waals surface area contributed by atoms with E-state index in [9.17, 15) is 18.3 Å². The molecule has 0 unspecified atom stereocenters. The molecule has 1 N–H and O–H groups in total. The zero-order valence-corrected chi connectivity index (χ0v) is 21.1. The molecule has 0 aliphatic rings. The van der Waals surface area contributed by atoms with Gasteiger partial charge in [0.05, 0.1) is 21.7 Å². The summed E-state index contributed by atoms with van der Waals surface area (Å²) in [5, 5.41) is 10.9. The number of hydrogen-bond donors (Lipinski definition) is 1. The zero-order valence-electron chi connectivity index (χ0n) is 18.7. The third-order valence-electron chi connectivity index (χ3n) is 5.58. The largest absolute Gasteiger partial charge is 0.487 e. The van der Waals surface area contributed by atoms with Gasteiger partial charge in [0.2, 0.25) is 0 Å². The minimum Gasteiger partial charge on any atom is -0.487 e. The quantitative estimate of drug-likeness (QED) is 0.260. The van der Waals surface area contributed by atoms with Crippen molar-refractivity contribution < 1.29 is 23.1 Å². The molecule has 7 nitrogen and oxygen atoms in total. The van der Waals surface area contributed by atoms with Crippen molar-refractivity contribution in [1.29, 1.82) is 0 Å². The van der Waals surface area contributed by atoms with Crippen LogP contribution in [0, 0.1) is 0 Å². The molecule has 3 aromatic carbocycles. The SMILES string of the molecule is O=C(O)c1sc(-n2cnc3cc(Cl)ccc32)cc1OCc1ccccc1CS(=O)(=O)c1ccccc1. The Bertz CT molecular complexity index is 1680. The lowest BCUT2D eigenvalue weighted by molar-refractivity contribution is 0.0697. The van der Waals surface area contributed by atoms with E-state index in [0.29, 0.717) is 26.7 Å². The number of rotatable bonds is 8. The van der Waals surface area contributed by atoms with Crippen LogP contribution in [-0.4, -0.2) is 29.0 Å². The number of hydrogen-bond acceptors (Lipinski definition) is 6. The van der Waals surface area contributed by atoms with Gasteiger partial charge in [0.15, 0.2) is 14.7 Å². The first-order chi connectivity index (χ1) is 17.3. The van der Waals surface area contributed by atoms with Gasteiger partial charge in [-0.15, -0.1) is 11.3 Å². The summed E-state index contributed by atoms with van der Waals surface area (Å²) >= 11 is 7.11. The van der Waals surface area contributed by atoms with Gasteiger partial charge < -0.3 is 9.84 Å². The maximum absolute atomic E-state index is 12.9. The van der Waals surface area contributed by atoms with Gasteiger partial charge in [-0.1, -0.05) is 54.1 Å². The number of nitrogens with zero attached hydrogens (tertiary/aromatic N) is 2. The lowest BCUT2D eigenvalue weighted by Crippen LogP contribution is -2.08. The Morgan fingerprint density at radius 2 is 1.72 bits per heavy atom. The summed E-state index contributed by atoms with van der Waals surface area (Å²) in [5.74, 6) is -1.12. The van der Waals surface area contributed by atoms with Crippen molar-refractivity contribution >= 4 is 49.8 Å². The minimum absolute atomic E-state index is 0.0111. The molecule has 0 amide bonds. The number of carboxylic acids is 1. The van der Waals surface area contributed by atoms with Crippen LogP contribution in [0.5, 0.6) is 5.75 Å². The molecule has 2 heterocycles. The molecular formula is C26H19ClN2O5S2. The monoisotopic (exact) mass is 538 g/mol. The van der Waals surface area contributed by atoms with Crippen molar-refractivity contribution in [2.45, 2.75) is 17.3 Å². The number of sulfone groups is 1. The molecule has 0 radical (unpaired) electrons. The van der Waals surface area contributed by atoms with Gasteiger partial charge in [0.25, 0.3) is 0 Å². The number of ether oxygens (including phenoxy) is 1. The predicted octanol–water partition coefficient (Wildman–Crippen LogP) is 5.99. The first-order valence-corrected chi connectivity index (χ1v) is 13.6. The van der Waals surface area contributed by atoms with Crippen molar-refractivity contribution in [2.75, 3.05) is 0 Å². The van der Waals surface area contributed by atoms with Gasteiger partial charge in [-0.25, -0.2) is 18.2 Å². The van der Waals surface area contributed by atoms with Crippen molar-refractivity contribution in [3.05, 3.63) is 106 Å².